The largest absolute Gasteiger partial charge is 0.464 e. The minimum absolute atomic E-state index is 0.263. The number of ether oxygens (including phenoxy) is 2. The first-order chi connectivity index (χ1) is 11.4. The maximum absolute atomic E-state index is 12.2. The third-order valence-electron chi connectivity index (χ3n) is 4.04. The van der Waals surface area contributed by atoms with Crippen LogP contribution in [-0.4, -0.2) is 42.5 Å². The van der Waals surface area contributed by atoms with Crippen LogP contribution in [0.2, 0.25) is 0 Å². The van der Waals surface area contributed by atoms with Gasteiger partial charge in [-0.15, -0.1) is 3.63 Å². The van der Waals surface area contributed by atoms with Gasteiger partial charge in [-0.25, -0.2) is 4.31 Å². The number of nitrogens with zero attached hydrogens (tertiary/aromatic N) is 1. The summed E-state index contributed by atoms with van der Waals surface area (Å²) < 4.78 is 63.9. The number of hydrogen-bond donors (Lipinski definition) is 0. The fourth-order valence-electron chi connectivity index (χ4n) is 2.46. The Morgan fingerprint density at radius 3 is 2.40 bits per heavy atom. The third-order valence-corrected chi connectivity index (χ3v) is 7.15. The van der Waals surface area contributed by atoms with Crippen molar-refractivity contribution in [3.05, 3.63) is 23.8 Å². The lowest BCUT2D eigenvalue weighted by atomic mass is 9.85. The molecule has 1 heterocycles. The Morgan fingerprint density at radius 2 is 1.84 bits per heavy atom. The molecule has 1 aromatic carbocycles. The van der Waals surface area contributed by atoms with Gasteiger partial charge in [0.05, 0.1) is 16.9 Å². The lowest BCUT2D eigenvalue weighted by Gasteiger charge is -2.25. The summed E-state index contributed by atoms with van der Waals surface area (Å²) in [5.74, 6) is 0.154. The van der Waals surface area contributed by atoms with Gasteiger partial charge in [0.25, 0.3) is 10.1 Å². The number of fused-ring (bicyclic) bond motifs is 1. The first kappa shape index (κ1) is 20.0. The average Bonchev–Trinajstić information content (AvgIpc) is 2.77. The minimum Gasteiger partial charge on any atom is -0.464 e. The summed E-state index contributed by atoms with van der Waals surface area (Å²) in [5, 5.41) is 0. The van der Waals surface area contributed by atoms with Crippen LogP contribution in [0.3, 0.4) is 0 Å². The highest BCUT2D eigenvalue weighted by atomic mass is 32.3. The van der Waals surface area contributed by atoms with E-state index in [4.69, 9.17) is 9.47 Å². The standard InChI is InChI=1S/C15H23NO7S2/c1-6-21-14-15(3,4)12-10-11(8-9-13(12)22-14)16(5)25(19,20)23-24(17,18)7-2/h8-10,14H,6-7H2,1-5H3. The molecule has 0 spiro atoms. The van der Waals surface area contributed by atoms with E-state index in [0.717, 1.165) is 9.87 Å². The molecular formula is C15H23NO7S2. The molecule has 2 rings (SSSR count). The highest BCUT2D eigenvalue weighted by molar-refractivity contribution is 8.00. The number of anilines is 1. The Kier molecular flexibility index (Phi) is 5.39. The summed E-state index contributed by atoms with van der Waals surface area (Å²) in [6.07, 6.45) is -0.485. The van der Waals surface area contributed by atoms with E-state index < -0.39 is 37.9 Å². The van der Waals surface area contributed by atoms with Crippen LogP contribution in [0.4, 0.5) is 5.69 Å². The van der Waals surface area contributed by atoms with E-state index >= 15 is 0 Å². The van der Waals surface area contributed by atoms with Crippen LogP contribution in [0.5, 0.6) is 5.75 Å². The molecule has 0 saturated heterocycles. The molecule has 1 aliphatic heterocycles. The van der Waals surface area contributed by atoms with Gasteiger partial charge in [-0.2, -0.15) is 16.8 Å². The predicted molar refractivity (Wildman–Crippen MR) is 93.4 cm³/mol. The van der Waals surface area contributed by atoms with Crippen LogP contribution in [0.15, 0.2) is 18.2 Å². The normalized spacial score (nSPS) is 19.3. The maximum Gasteiger partial charge on any atom is 0.376 e. The molecule has 0 aromatic heterocycles. The van der Waals surface area contributed by atoms with Crippen molar-refractivity contribution in [1.82, 2.24) is 0 Å². The summed E-state index contributed by atoms with van der Waals surface area (Å²) in [6, 6.07) is 4.78. The number of rotatable bonds is 7. The van der Waals surface area contributed by atoms with E-state index in [1.54, 1.807) is 12.1 Å². The molecule has 1 atom stereocenters. The van der Waals surface area contributed by atoms with Crippen LogP contribution in [0, 0.1) is 0 Å². The van der Waals surface area contributed by atoms with Gasteiger partial charge in [-0.3, -0.25) is 0 Å². The van der Waals surface area contributed by atoms with E-state index in [2.05, 4.69) is 3.63 Å². The molecule has 1 aromatic rings. The van der Waals surface area contributed by atoms with Gasteiger partial charge in [0.1, 0.15) is 5.75 Å². The van der Waals surface area contributed by atoms with Gasteiger partial charge in [0.15, 0.2) is 0 Å². The third kappa shape index (κ3) is 3.91. The van der Waals surface area contributed by atoms with E-state index in [1.165, 1.54) is 20.0 Å². The second-order valence-electron chi connectivity index (χ2n) is 6.15. The molecule has 0 amide bonds. The number of hydrogen-bond acceptors (Lipinski definition) is 7. The van der Waals surface area contributed by atoms with E-state index in [0.29, 0.717) is 12.4 Å². The zero-order valence-corrected chi connectivity index (χ0v) is 16.5. The zero-order valence-electron chi connectivity index (χ0n) is 14.8. The molecule has 0 bridgehead atoms. The van der Waals surface area contributed by atoms with Crippen LogP contribution < -0.4 is 9.04 Å². The molecule has 0 aliphatic carbocycles. The Bertz CT molecular complexity index is 847. The molecule has 25 heavy (non-hydrogen) atoms. The zero-order chi connectivity index (χ0) is 19.0. The monoisotopic (exact) mass is 393 g/mol. The lowest BCUT2D eigenvalue weighted by molar-refractivity contribution is -0.0981. The van der Waals surface area contributed by atoms with Gasteiger partial charge in [0.2, 0.25) is 6.29 Å². The quantitative estimate of drug-likeness (QED) is 0.696. The molecule has 1 unspecified atom stereocenters. The molecule has 142 valence electrons. The van der Waals surface area contributed by atoms with Crippen LogP contribution in [0.25, 0.3) is 0 Å². The van der Waals surface area contributed by atoms with Crippen molar-refractivity contribution in [3.8, 4) is 5.75 Å². The molecule has 0 fully saturated rings. The molecule has 0 saturated carbocycles. The van der Waals surface area contributed by atoms with E-state index in [9.17, 15) is 16.8 Å². The lowest BCUT2D eigenvalue weighted by Crippen LogP contribution is -2.35. The fourth-order valence-corrected chi connectivity index (χ4v) is 4.63. The summed E-state index contributed by atoms with van der Waals surface area (Å²) >= 11 is 0. The van der Waals surface area contributed by atoms with Crippen LogP contribution in [0.1, 0.15) is 33.3 Å². The summed E-state index contributed by atoms with van der Waals surface area (Å²) in [7, 11) is -7.42. The van der Waals surface area contributed by atoms with Gasteiger partial charge in [-0.05, 0) is 45.9 Å². The van der Waals surface area contributed by atoms with E-state index in [-0.39, 0.29) is 5.69 Å². The van der Waals surface area contributed by atoms with E-state index in [1.807, 2.05) is 20.8 Å². The van der Waals surface area contributed by atoms with Gasteiger partial charge in [-0.1, -0.05) is 0 Å². The first-order valence-electron chi connectivity index (χ1n) is 7.80. The van der Waals surface area contributed by atoms with Crippen molar-refractivity contribution >= 4 is 26.1 Å². The predicted octanol–water partition coefficient (Wildman–Crippen LogP) is 1.77. The summed E-state index contributed by atoms with van der Waals surface area (Å²) in [4.78, 5) is 0. The second-order valence-corrected chi connectivity index (χ2v) is 9.79. The SMILES string of the molecule is CCOC1Oc2ccc(N(C)S(=O)(=O)OS(=O)(=O)CC)cc2C1(C)C. The topological polar surface area (TPSA) is 99.2 Å². The Hall–Kier alpha value is -1.36. The summed E-state index contributed by atoms with van der Waals surface area (Å²) in [6.45, 7) is 7.49. The van der Waals surface area contributed by atoms with Gasteiger partial charge in [0, 0.05) is 19.2 Å². The molecule has 10 heteroatoms. The van der Waals surface area contributed by atoms with Crippen molar-refractivity contribution < 1.29 is 29.9 Å². The van der Waals surface area contributed by atoms with Crippen molar-refractivity contribution in [1.29, 1.82) is 0 Å². The van der Waals surface area contributed by atoms with Gasteiger partial charge >= 0.3 is 10.3 Å². The van der Waals surface area contributed by atoms with Crippen LogP contribution >= 0.6 is 0 Å². The maximum atomic E-state index is 12.2. The Balaban J connectivity index is 2.37. The molecule has 0 N–H and O–H groups in total. The Morgan fingerprint density at radius 1 is 1.20 bits per heavy atom. The molecule has 1 aliphatic rings. The highest BCUT2D eigenvalue weighted by Crippen LogP contribution is 2.44. The van der Waals surface area contributed by atoms with Crippen molar-refractivity contribution in [2.45, 2.75) is 39.4 Å². The highest BCUT2D eigenvalue weighted by Gasteiger charge is 2.43. The van der Waals surface area contributed by atoms with Crippen molar-refractivity contribution in [2.24, 2.45) is 0 Å². The molecule has 0 radical (unpaired) electrons. The molecular weight excluding hydrogens is 370 g/mol. The number of benzene rings is 1. The molecule has 8 nitrogen and oxygen atoms in total. The fraction of sp³-hybridized carbons (Fsp3) is 0.600. The Labute approximate surface area is 149 Å². The summed E-state index contributed by atoms with van der Waals surface area (Å²) in [5.41, 5.74) is 0.533. The van der Waals surface area contributed by atoms with Crippen molar-refractivity contribution in [3.63, 3.8) is 0 Å². The first-order valence-corrected chi connectivity index (χ1v) is 10.7. The average molecular weight is 393 g/mol. The van der Waals surface area contributed by atoms with Gasteiger partial charge < -0.3 is 9.47 Å². The minimum atomic E-state index is -4.49. The smallest absolute Gasteiger partial charge is 0.376 e. The van der Waals surface area contributed by atoms with Crippen LogP contribution in [-0.2, 0) is 34.2 Å². The van der Waals surface area contributed by atoms with Crippen molar-refractivity contribution in [2.75, 3.05) is 23.7 Å². The second kappa shape index (κ2) is 6.75.